The number of carboxylic acids is 1. The standard InChI is InChI=1S/C15H15NO4/c1-20-13-8-4-5-10(14(13)17)9-16-12-7-3-2-6-11(12)15(18)19/h2-8,16-17H,9H2,1H3,(H,18,19). The molecule has 0 spiro atoms. The third kappa shape index (κ3) is 2.83. The van der Waals surface area contributed by atoms with Crippen molar-refractivity contribution in [1.82, 2.24) is 0 Å². The van der Waals surface area contributed by atoms with Crippen molar-refractivity contribution < 1.29 is 19.7 Å². The van der Waals surface area contributed by atoms with Crippen molar-refractivity contribution in [3.8, 4) is 11.5 Å². The van der Waals surface area contributed by atoms with E-state index in [2.05, 4.69) is 5.32 Å². The molecule has 5 heteroatoms. The molecule has 0 aliphatic heterocycles. The second-order valence-electron chi connectivity index (χ2n) is 4.17. The largest absolute Gasteiger partial charge is 0.504 e. The molecule has 0 atom stereocenters. The molecule has 2 aromatic rings. The van der Waals surface area contributed by atoms with E-state index in [-0.39, 0.29) is 11.3 Å². The molecule has 0 saturated heterocycles. The number of ether oxygens (including phenoxy) is 1. The number of rotatable bonds is 5. The number of hydrogen-bond donors (Lipinski definition) is 3. The average molecular weight is 273 g/mol. The van der Waals surface area contributed by atoms with Gasteiger partial charge in [-0.25, -0.2) is 4.79 Å². The van der Waals surface area contributed by atoms with Gasteiger partial charge in [-0.3, -0.25) is 0 Å². The highest BCUT2D eigenvalue weighted by Crippen LogP contribution is 2.30. The molecule has 0 radical (unpaired) electrons. The number of methoxy groups -OCH3 is 1. The maximum atomic E-state index is 11.1. The summed E-state index contributed by atoms with van der Waals surface area (Å²) in [6.45, 7) is 0.299. The zero-order valence-electron chi connectivity index (χ0n) is 11.0. The predicted octanol–water partition coefficient (Wildman–Crippen LogP) is 2.71. The van der Waals surface area contributed by atoms with Gasteiger partial charge in [0, 0.05) is 17.8 Å². The van der Waals surface area contributed by atoms with Crippen LogP contribution in [0.1, 0.15) is 15.9 Å². The summed E-state index contributed by atoms with van der Waals surface area (Å²) in [7, 11) is 1.48. The van der Waals surface area contributed by atoms with Crippen molar-refractivity contribution in [1.29, 1.82) is 0 Å². The van der Waals surface area contributed by atoms with Crippen LogP contribution >= 0.6 is 0 Å². The topological polar surface area (TPSA) is 78.8 Å². The van der Waals surface area contributed by atoms with Gasteiger partial charge in [0.05, 0.1) is 12.7 Å². The van der Waals surface area contributed by atoms with Gasteiger partial charge in [-0.05, 0) is 18.2 Å². The quantitative estimate of drug-likeness (QED) is 0.780. The van der Waals surface area contributed by atoms with Crippen molar-refractivity contribution in [3.05, 3.63) is 53.6 Å². The SMILES string of the molecule is COc1cccc(CNc2ccccc2C(=O)O)c1O. The summed E-state index contributed by atoms with van der Waals surface area (Å²) in [4.78, 5) is 11.1. The molecule has 0 aliphatic carbocycles. The highest BCUT2D eigenvalue weighted by Gasteiger charge is 2.10. The van der Waals surface area contributed by atoms with Crippen LogP contribution in [0.5, 0.6) is 11.5 Å². The van der Waals surface area contributed by atoms with E-state index >= 15 is 0 Å². The summed E-state index contributed by atoms with van der Waals surface area (Å²) in [5, 5.41) is 22.1. The Morgan fingerprint density at radius 1 is 1.20 bits per heavy atom. The summed E-state index contributed by atoms with van der Waals surface area (Å²) in [5.41, 5.74) is 1.32. The molecule has 0 fully saturated rings. The Bertz CT molecular complexity index is 625. The molecule has 2 rings (SSSR count). The summed E-state index contributed by atoms with van der Waals surface area (Å²) in [6.07, 6.45) is 0. The van der Waals surface area contributed by atoms with Gasteiger partial charge in [0.1, 0.15) is 0 Å². The first-order valence-corrected chi connectivity index (χ1v) is 6.04. The Morgan fingerprint density at radius 2 is 1.95 bits per heavy atom. The van der Waals surface area contributed by atoms with Gasteiger partial charge in [0.2, 0.25) is 0 Å². The lowest BCUT2D eigenvalue weighted by Gasteiger charge is -2.12. The Hall–Kier alpha value is -2.69. The number of hydrogen-bond acceptors (Lipinski definition) is 4. The van der Waals surface area contributed by atoms with Crippen LogP contribution in [0, 0.1) is 0 Å². The molecular weight excluding hydrogens is 258 g/mol. The summed E-state index contributed by atoms with van der Waals surface area (Å²) in [5.74, 6) is -0.561. The Labute approximate surface area is 116 Å². The Morgan fingerprint density at radius 3 is 2.65 bits per heavy atom. The average Bonchev–Trinajstić information content (AvgIpc) is 2.46. The van der Waals surface area contributed by atoms with Crippen LogP contribution in [0.4, 0.5) is 5.69 Å². The van der Waals surface area contributed by atoms with Crippen LogP contribution in [0.15, 0.2) is 42.5 Å². The molecule has 0 heterocycles. The van der Waals surface area contributed by atoms with Crippen molar-refractivity contribution >= 4 is 11.7 Å². The summed E-state index contributed by atoms with van der Waals surface area (Å²) < 4.78 is 5.03. The molecule has 0 saturated carbocycles. The summed E-state index contributed by atoms with van der Waals surface area (Å²) >= 11 is 0. The first-order chi connectivity index (χ1) is 9.63. The van der Waals surface area contributed by atoms with Crippen LogP contribution < -0.4 is 10.1 Å². The van der Waals surface area contributed by atoms with Crippen molar-refractivity contribution in [3.63, 3.8) is 0 Å². The number of benzene rings is 2. The zero-order valence-corrected chi connectivity index (χ0v) is 11.0. The van der Waals surface area contributed by atoms with E-state index in [0.29, 0.717) is 23.5 Å². The minimum Gasteiger partial charge on any atom is -0.504 e. The molecule has 0 aromatic heterocycles. The first-order valence-electron chi connectivity index (χ1n) is 6.04. The van der Waals surface area contributed by atoms with Crippen LogP contribution in [-0.2, 0) is 6.54 Å². The van der Waals surface area contributed by atoms with Crippen molar-refractivity contribution in [2.45, 2.75) is 6.54 Å². The van der Waals surface area contributed by atoms with E-state index in [1.54, 1.807) is 36.4 Å². The molecule has 0 amide bonds. The first kappa shape index (κ1) is 13.7. The second-order valence-corrected chi connectivity index (χ2v) is 4.17. The lowest BCUT2D eigenvalue weighted by atomic mass is 10.1. The Balaban J connectivity index is 2.19. The minimum atomic E-state index is -0.997. The number of aromatic hydroxyl groups is 1. The van der Waals surface area contributed by atoms with Gasteiger partial charge in [-0.2, -0.15) is 0 Å². The van der Waals surface area contributed by atoms with E-state index < -0.39 is 5.97 Å². The summed E-state index contributed by atoms with van der Waals surface area (Å²) in [6, 6.07) is 11.8. The lowest BCUT2D eigenvalue weighted by molar-refractivity contribution is 0.0698. The van der Waals surface area contributed by atoms with E-state index in [4.69, 9.17) is 9.84 Å². The molecule has 104 valence electrons. The third-order valence-corrected chi connectivity index (χ3v) is 2.93. The highest BCUT2D eigenvalue weighted by molar-refractivity contribution is 5.94. The third-order valence-electron chi connectivity index (χ3n) is 2.93. The highest BCUT2D eigenvalue weighted by atomic mass is 16.5. The van der Waals surface area contributed by atoms with Gasteiger partial charge >= 0.3 is 5.97 Å². The maximum absolute atomic E-state index is 11.1. The molecule has 3 N–H and O–H groups in total. The van der Waals surface area contributed by atoms with Crippen molar-refractivity contribution in [2.24, 2.45) is 0 Å². The second kappa shape index (κ2) is 5.97. The fourth-order valence-corrected chi connectivity index (χ4v) is 1.89. The van der Waals surface area contributed by atoms with Crippen LogP contribution in [0.3, 0.4) is 0 Å². The van der Waals surface area contributed by atoms with Gasteiger partial charge in [0.15, 0.2) is 11.5 Å². The van der Waals surface area contributed by atoms with E-state index in [1.165, 1.54) is 13.2 Å². The molecule has 2 aromatic carbocycles. The number of carboxylic acid groups (broad SMARTS) is 1. The molecule has 0 aliphatic rings. The van der Waals surface area contributed by atoms with E-state index in [0.717, 1.165) is 0 Å². The number of phenolic OH excluding ortho intramolecular Hbond substituents is 1. The van der Waals surface area contributed by atoms with Gasteiger partial charge in [0.25, 0.3) is 0 Å². The van der Waals surface area contributed by atoms with E-state index in [9.17, 15) is 9.90 Å². The van der Waals surface area contributed by atoms with Crippen LogP contribution in [0.25, 0.3) is 0 Å². The molecule has 0 unspecified atom stereocenters. The minimum absolute atomic E-state index is 0.0512. The number of carbonyl (C=O) groups is 1. The van der Waals surface area contributed by atoms with Gasteiger partial charge < -0.3 is 20.3 Å². The normalized spacial score (nSPS) is 10.1. The maximum Gasteiger partial charge on any atom is 0.337 e. The monoisotopic (exact) mass is 273 g/mol. The smallest absolute Gasteiger partial charge is 0.337 e. The predicted molar refractivity (Wildman–Crippen MR) is 75.4 cm³/mol. The fourth-order valence-electron chi connectivity index (χ4n) is 1.89. The Kier molecular flexibility index (Phi) is 4.10. The van der Waals surface area contributed by atoms with E-state index in [1.807, 2.05) is 0 Å². The number of para-hydroxylation sites is 2. The number of anilines is 1. The molecular formula is C15H15NO4. The zero-order chi connectivity index (χ0) is 14.5. The number of phenols is 1. The van der Waals surface area contributed by atoms with Crippen LogP contribution in [-0.4, -0.2) is 23.3 Å². The van der Waals surface area contributed by atoms with Crippen molar-refractivity contribution in [2.75, 3.05) is 12.4 Å². The fraction of sp³-hybridized carbons (Fsp3) is 0.133. The molecule has 20 heavy (non-hydrogen) atoms. The molecule has 0 bridgehead atoms. The number of aromatic carboxylic acids is 1. The lowest BCUT2D eigenvalue weighted by Crippen LogP contribution is -2.06. The van der Waals surface area contributed by atoms with Gasteiger partial charge in [-0.1, -0.05) is 24.3 Å². The number of nitrogens with one attached hydrogen (secondary N) is 1. The molecule has 5 nitrogen and oxygen atoms in total. The van der Waals surface area contributed by atoms with Crippen LogP contribution in [0.2, 0.25) is 0 Å². The van der Waals surface area contributed by atoms with Gasteiger partial charge in [-0.15, -0.1) is 0 Å².